The Kier molecular flexibility index (Phi) is 5.40. The smallest absolute Gasteiger partial charge is 0.222 e. The summed E-state index contributed by atoms with van der Waals surface area (Å²) in [5.74, 6) is 0.749. The van der Waals surface area contributed by atoms with Crippen LogP contribution in [-0.4, -0.2) is 23.2 Å². The molecule has 2 rings (SSSR count). The number of hydrogen-bond donors (Lipinski definition) is 2. The van der Waals surface area contributed by atoms with E-state index in [-0.39, 0.29) is 29.6 Å². The van der Waals surface area contributed by atoms with Gasteiger partial charge < -0.3 is 20.9 Å². The Morgan fingerprint density at radius 3 is 2.50 bits per heavy atom. The van der Waals surface area contributed by atoms with E-state index >= 15 is 0 Å². The average Bonchev–Trinajstić information content (AvgIpc) is 2.54. The molecule has 0 amide bonds. The Bertz CT molecular complexity index is 857. The molecule has 4 N–H and O–H groups in total. The summed E-state index contributed by atoms with van der Waals surface area (Å²) in [5.41, 5.74) is 12.3. The van der Waals surface area contributed by atoms with Crippen LogP contribution in [0, 0.1) is 22.7 Å². The second-order valence-corrected chi connectivity index (χ2v) is 5.32. The van der Waals surface area contributed by atoms with E-state index in [1.165, 1.54) is 0 Å². The van der Waals surface area contributed by atoms with Crippen LogP contribution >= 0.6 is 15.9 Å². The summed E-state index contributed by atoms with van der Waals surface area (Å²) in [6.07, 6.45) is 0. The van der Waals surface area contributed by atoms with E-state index in [0.717, 1.165) is 0 Å². The van der Waals surface area contributed by atoms with Gasteiger partial charge >= 0.3 is 0 Å². The second kappa shape index (κ2) is 7.49. The molecule has 0 aliphatic carbocycles. The number of anilines is 2. The molecule has 0 saturated carbocycles. The fraction of sp³-hybridized carbons (Fsp3) is 0.200. The molecule has 0 fully saturated rings. The molecular weight excluding hydrogens is 376 g/mol. The Morgan fingerprint density at radius 2 is 1.88 bits per heavy atom. The van der Waals surface area contributed by atoms with Crippen molar-refractivity contribution in [3.8, 4) is 34.9 Å². The predicted octanol–water partition coefficient (Wildman–Crippen LogP) is 2.24. The fourth-order valence-electron chi connectivity index (χ4n) is 2.01. The van der Waals surface area contributed by atoms with Crippen molar-refractivity contribution in [2.45, 2.75) is 6.92 Å². The predicted molar refractivity (Wildman–Crippen MR) is 91.0 cm³/mol. The topological polar surface area (TPSA) is 144 Å². The highest BCUT2D eigenvalue weighted by Gasteiger charge is 2.19. The summed E-state index contributed by atoms with van der Waals surface area (Å²) >= 11 is 3.40. The largest absolute Gasteiger partial charge is 0.490 e. The van der Waals surface area contributed by atoms with Crippen molar-refractivity contribution in [3.05, 3.63) is 22.2 Å². The molecule has 9 heteroatoms. The van der Waals surface area contributed by atoms with E-state index in [1.807, 2.05) is 19.1 Å². The summed E-state index contributed by atoms with van der Waals surface area (Å²) in [5, 5.41) is 18.0. The first-order valence-corrected chi connectivity index (χ1v) is 7.60. The number of nitrogens with zero attached hydrogens (tertiary/aromatic N) is 4. The first-order chi connectivity index (χ1) is 11.5. The average molecular weight is 389 g/mol. The summed E-state index contributed by atoms with van der Waals surface area (Å²) in [7, 11) is 0. The van der Waals surface area contributed by atoms with Crippen molar-refractivity contribution in [3.63, 3.8) is 0 Å². The van der Waals surface area contributed by atoms with Crippen molar-refractivity contribution < 1.29 is 9.47 Å². The van der Waals surface area contributed by atoms with Gasteiger partial charge in [0.2, 0.25) is 5.95 Å². The molecule has 1 aromatic carbocycles. The normalized spacial score (nSPS) is 9.83. The van der Waals surface area contributed by atoms with Crippen molar-refractivity contribution >= 4 is 27.7 Å². The highest BCUT2D eigenvalue weighted by Crippen LogP contribution is 2.40. The molecule has 0 saturated heterocycles. The number of nitrogen functional groups attached to an aromatic ring is 2. The van der Waals surface area contributed by atoms with Gasteiger partial charge in [-0.1, -0.05) is 0 Å². The molecule has 0 atom stereocenters. The maximum Gasteiger partial charge on any atom is 0.222 e. The van der Waals surface area contributed by atoms with Gasteiger partial charge in [-0.15, -0.1) is 0 Å². The van der Waals surface area contributed by atoms with Crippen LogP contribution in [0.25, 0.3) is 11.3 Å². The van der Waals surface area contributed by atoms with Gasteiger partial charge in [0.05, 0.1) is 12.3 Å². The maximum absolute atomic E-state index is 9.33. The summed E-state index contributed by atoms with van der Waals surface area (Å²) in [6.45, 7) is 2.09. The van der Waals surface area contributed by atoms with Gasteiger partial charge in [-0.2, -0.15) is 15.5 Å². The Labute approximate surface area is 146 Å². The first kappa shape index (κ1) is 17.3. The number of halogens is 1. The van der Waals surface area contributed by atoms with E-state index in [9.17, 15) is 5.26 Å². The number of aromatic nitrogens is 2. The minimum atomic E-state index is -0.122. The van der Waals surface area contributed by atoms with Crippen molar-refractivity contribution in [1.29, 1.82) is 10.5 Å². The number of rotatable bonds is 5. The zero-order valence-electron chi connectivity index (χ0n) is 12.7. The van der Waals surface area contributed by atoms with E-state index in [1.54, 1.807) is 12.1 Å². The summed E-state index contributed by atoms with van der Waals surface area (Å²) in [4.78, 5) is 7.91. The van der Waals surface area contributed by atoms with Crippen LogP contribution < -0.4 is 20.9 Å². The van der Waals surface area contributed by atoms with Crippen molar-refractivity contribution in [2.75, 3.05) is 24.7 Å². The van der Waals surface area contributed by atoms with Crippen LogP contribution in [0.3, 0.4) is 0 Å². The first-order valence-electron chi connectivity index (χ1n) is 6.81. The molecule has 2 aromatic rings. The summed E-state index contributed by atoms with van der Waals surface area (Å²) < 4.78 is 11.5. The molecule has 0 aliphatic rings. The van der Waals surface area contributed by atoms with Crippen LogP contribution in [-0.2, 0) is 0 Å². The van der Waals surface area contributed by atoms with E-state index in [0.29, 0.717) is 28.1 Å². The van der Waals surface area contributed by atoms with Gasteiger partial charge in [0.1, 0.15) is 23.5 Å². The molecule has 0 bridgehead atoms. The zero-order valence-corrected chi connectivity index (χ0v) is 14.3. The Balaban J connectivity index is 2.66. The summed E-state index contributed by atoms with van der Waals surface area (Å²) in [6, 6.07) is 7.14. The van der Waals surface area contributed by atoms with Crippen molar-refractivity contribution in [2.24, 2.45) is 0 Å². The van der Waals surface area contributed by atoms with Crippen LogP contribution in [0.2, 0.25) is 0 Å². The van der Waals surface area contributed by atoms with Gasteiger partial charge in [-0.05, 0) is 35.0 Å². The van der Waals surface area contributed by atoms with Crippen LogP contribution in [0.15, 0.2) is 16.6 Å². The third-order valence-electron chi connectivity index (χ3n) is 2.95. The fourth-order valence-corrected chi connectivity index (χ4v) is 2.52. The molecule has 122 valence electrons. The molecule has 1 heterocycles. The number of ether oxygens (including phenoxy) is 2. The third-order valence-corrected chi connectivity index (χ3v) is 3.60. The molecule has 24 heavy (non-hydrogen) atoms. The van der Waals surface area contributed by atoms with Crippen molar-refractivity contribution in [1.82, 2.24) is 9.97 Å². The SMILES string of the molecule is CCOc1cc(-c2nc(N)nc(N)c2C#N)c(Br)cc1OCC#N. The van der Waals surface area contributed by atoms with Gasteiger partial charge in [0, 0.05) is 10.0 Å². The standard InChI is InChI=1S/C15H13BrN6O2/c1-2-23-11-5-8(10(16)6-12(11)24-4-3-17)13-9(7-18)14(19)22-15(20)21-13/h5-6H,2,4H2,1H3,(H4,19,20,21,22). The molecular formula is C15H13BrN6O2. The van der Waals surface area contributed by atoms with Gasteiger partial charge in [-0.25, -0.2) is 4.98 Å². The van der Waals surface area contributed by atoms with Gasteiger partial charge in [0.15, 0.2) is 18.1 Å². The molecule has 0 spiro atoms. The number of nitrogens with two attached hydrogens (primary N) is 2. The van der Waals surface area contributed by atoms with Crippen LogP contribution in [0.5, 0.6) is 11.5 Å². The molecule has 8 nitrogen and oxygen atoms in total. The molecule has 1 aromatic heterocycles. The number of nitriles is 2. The lowest BCUT2D eigenvalue weighted by molar-refractivity contribution is 0.298. The van der Waals surface area contributed by atoms with Gasteiger partial charge in [0.25, 0.3) is 0 Å². The van der Waals surface area contributed by atoms with E-state index in [4.69, 9.17) is 26.2 Å². The molecule has 0 radical (unpaired) electrons. The van der Waals surface area contributed by atoms with Crippen LogP contribution in [0.1, 0.15) is 12.5 Å². The monoisotopic (exact) mass is 388 g/mol. The highest BCUT2D eigenvalue weighted by atomic mass is 79.9. The zero-order chi connectivity index (χ0) is 17.7. The minimum Gasteiger partial charge on any atom is -0.490 e. The van der Waals surface area contributed by atoms with Gasteiger partial charge in [-0.3, -0.25) is 0 Å². The lowest BCUT2D eigenvalue weighted by Gasteiger charge is -2.14. The highest BCUT2D eigenvalue weighted by molar-refractivity contribution is 9.10. The third kappa shape index (κ3) is 3.47. The molecule has 0 aliphatic heterocycles. The molecule has 0 unspecified atom stereocenters. The number of benzene rings is 1. The Morgan fingerprint density at radius 1 is 1.17 bits per heavy atom. The van der Waals surface area contributed by atoms with Crippen LogP contribution in [0.4, 0.5) is 11.8 Å². The maximum atomic E-state index is 9.33. The van der Waals surface area contributed by atoms with E-state index in [2.05, 4.69) is 25.9 Å². The lowest BCUT2D eigenvalue weighted by Crippen LogP contribution is -2.06. The lowest BCUT2D eigenvalue weighted by atomic mass is 10.1. The quantitative estimate of drug-likeness (QED) is 0.792. The minimum absolute atomic E-state index is 0.00494. The van der Waals surface area contributed by atoms with E-state index < -0.39 is 0 Å². The number of hydrogen-bond acceptors (Lipinski definition) is 8. The second-order valence-electron chi connectivity index (χ2n) is 4.46. The Hall–Kier alpha value is -3.04.